The van der Waals surface area contributed by atoms with Crippen molar-refractivity contribution in [1.29, 1.82) is 0 Å². The Kier molecular flexibility index (Phi) is 4.07. The van der Waals surface area contributed by atoms with Crippen LogP contribution < -0.4 is 0 Å². The second-order valence-electron chi connectivity index (χ2n) is 5.13. The van der Waals surface area contributed by atoms with Crippen molar-refractivity contribution in [3.8, 4) is 0 Å². The van der Waals surface area contributed by atoms with E-state index in [1.54, 1.807) is 8.61 Å². The number of rotatable bonds is 3. The van der Waals surface area contributed by atoms with Crippen molar-refractivity contribution >= 4 is 10.2 Å². The highest BCUT2D eigenvalue weighted by molar-refractivity contribution is 7.86. The Balaban J connectivity index is 2.02. The van der Waals surface area contributed by atoms with Crippen LogP contribution in [0.1, 0.15) is 32.6 Å². The fourth-order valence-corrected chi connectivity index (χ4v) is 4.61. The van der Waals surface area contributed by atoms with Gasteiger partial charge in [0.25, 0.3) is 10.2 Å². The molecular formula is C11H22N2O3S. The van der Waals surface area contributed by atoms with Crippen LogP contribution in [0.15, 0.2) is 0 Å². The second kappa shape index (κ2) is 5.22. The topological polar surface area (TPSA) is 60.9 Å². The molecule has 100 valence electrons. The molecule has 2 aliphatic rings. The molecule has 5 nitrogen and oxygen atoms in total. The number of aliphatic hydroxyl groups is 1. The van der Waals surface area contributed by atoms with Gasteiger partial charge in [-0.2, -0.15) is 17.0 Å². The van der Waals surface area contributed by atoms with E-state index in [0.717, 1.165) is 25.7 Å². The van der Waals surface area contributed by atoms with E-state index in [9.17, 15) is 8.42 Å². The summed E-state index contributed by atoms with van der Waals surface area (Å²) < 4.78 is 28.0. The van der Waals surface area contributed by atoms with Gasteiger partial charge in [0.15, 0.2) is 0 Å². The first-order valence-electron chi connectivity index (χ1n) is 6.43. The molecular weight excluding hydrogens is 240 g/mol. The zero-order chi connectivity index (χ0) is 12.5. The van der Waals surface area contributed by atoms with Crippen molar-refractivity contribution in [2.45, 2.75) is 38.6 Å². The third-order valence-electron chi connectivity index (χ3n) is 3.95. The smallest absolute Gasteiger partial charge is 0.282 e. The summed E-state index contributed by atoms with van der Waals surface area (Å²) in [4.78, 5) is 0. The molecule has 0 aliphatic carbocycles. The first kappa shape index (κ1) is 13.3. The maximum Gasteiger partial charge on any atom is 0.282 e. The Morgan fingerprint density at radius 2 is 1.82 bits per heavy atom. The molecule has 0 radical (unpaired) electrons. The Labute approximate surface area is 104 Å². The van der Waals surface area contributed by atoms with Gasteiger partial charge in [0.2, 0.25) is 0 Å². The van der Waals surface area contributed by atoms with Crippen molar-refractivity contribution in [2.24, 2.45) is 5.92 Å². The Hall–Kier alpha value is -0.170. The summed E-state index contributed by atoms with van der Waals surface area (Å²) in [5.74, 6) is 0.275. The van der Waals surface area contributed by atoms with Gasteiger partial charge in [-0.3, -0.25) is 0 Å². The minimum Gasteiger partial charge on any atom is -0.396 e. The zero-order valence-corrected chi connectivity index (χ0v) is 11.2. The molecule has 2 saturated heterocycles. The molecule has 0 aromatic carbocycles. The molecule has 0 aromatic rings. The molecule has 0 saturated carbocycles. The summed E-state index contributed by atoms with van der Waals surface area (Å²) in [6, 6.07) is 0.135. The molecule has 1 atom stereocenters. The van der Waals surface area contributed by atoms with Gasteiger partial charge in [-0.1, -0.05) is 0 Å². The van der Waals surface area contributed by atoms with Crippen molar-refractivity contribution in [3.63, 3.8) is 0 Å². The zero-order valence-electron chi connectivity index (χ0n) is 10.4. The molecule has 2 aliphatic heterocycles. The molecule has 0 amide bonds. The van der Waals surface area contributed by atoms with E-state index in [-0.39, 0.29) is 18.6 Å². The van der Waals surface area contributed by atoms with Crippen LogP contribution >= 0.6 is 0 Å². The quantitative estimate of drug-likeness (QED) is 0.802. The summed E-state index contributed by atoms with van der Waals surface area (Å²) in [6.07, 6.45) is 3.48. The molecule has 1 N–H and O–H groups in total. The van der Waals surface area contributed by atoms with Gasteiger partial charge in [0, 0.05) is 32.3 Å². The molecule has 0 spiro atoms. The van der Waals surface area contributed by atoms with Crippen LogP contribution in [-0.2, 0) is 10.2 Å². The average Bonchev–Trinajstić information content (AvgIpc) is 2.76. The molecule has 17 heavy (non-hydrogen) atoms. The normalized spacial score (nSPS) is 29.9. The Bertz CT molecular complexity index is 350. The van der Waals surface area contributed by atoms with E-state index >= 15 is 0 Å². The molecule has 0 aromatic heterocycles. The minimum atomic E-state index is -3.26. The first-order chi connectivity index (χ1) is 8.05. The Morgan fingerprint density at radius 1 is 1.18 bits per heavy atom. The van der Waals surface area contributed by atoms with Gasteiger partial charge < -0.3 is 5.11 Å². The van der Waals surface area contributed by atoms with Gasteiger partial charge in [0.05, 0.1) is 0 Å². The van der Waals surface area contributed by atoms with Crippen LogP contribution in [0.5, 0.6) is 0 Å². The highest BCUT2D eigenvalue weighted by Gasteiger charge is 2.37. The highest BCUT2D eigenvalue weighted by Crippen LogP contribution is 2.26. The van der Waals surface area contributed by atoms with Crippen LogP contribution in [0.25, 0.3) is 0 Å². The monoisotopic (exact) mass is 262 g/mol. The summed E-state index contributed by atoms with van der Waals surface area (Å²) in [6.45, 7) is 3.91. The lowest BCUT2D eigenvalue weighted by atomic mass is 10.00. The largest absolute Gasteiger partial charge is 0.396 e. The molecule has 2 rings (SSSR count). The van der Waals surface area contributed by atoms with Crippen molar-refractivity contribution in [1.82, 2.24) is 8.61 Å². The predicted molar refractivity (Wildman–Crippen MR) is 65.7 cm³/mol. The lowest BCUT2D eigenvalue weighted by molar-refractivity contribution is 0.166. The third kappa shape index (κ3) is 2.65. The van der Waals surface area contributed by atoms with Crippen LogP contribution in [0.3, 0.4) is 0 Å². The highest BCUT2D eigenvalue weighted by atomic mass is 32.2. The minimum absolute atomic E-state index is 0.135. The SMILES string of the molecule is CC1CCCN1S(=O)(=O)N1CCC(CO)CC1. The van der Waals surface area contributed by atoms with Crippen LogP contribution in [-0.4, -0.2) is 54.4 Å². The van der Waals surface area contributed by atoms with Gasteiger partial charge in [0.1, 0.15) is 0 Å². The fraction of sp³-hybridized carbons (Fsp3) is 1.00. The van der Waals surface area contributed by atoms with Gasteiger partial charge >= 0.3 is 0 Å². The number of aliphatic hydroxyl groups excluding tert-OH is 1. The van der Waals surface area contributed by atoms with Crippen LogP contribution in [0.4, 0.5) is 0 Å². The van der Waals surface area contributed by atoms with E-state index in [1.807, 2.05) is 6.92 Å². The molecule has 1 unspecified atom stereocenters. The predicted octanol–water partition coefficient (Wildman–Crippen LogP) is 0.420. The lowest BCUT2D eigenvalue weighted by Gasteiger charge is -2.34. The summed E-state index contributed by atoms with van der Waals surface area (Å²) in [5.41, 5.74) is 0. The van der Waals surface area contributed by atoms with Crippen molar-refractivity contribution in [3.05, 3.63) is 0 Å². The second-order valence-corrected chi connectivity index (χ2v) is 7.02. The molecule has 6 heteroatoms. The standard InChI is InChI=1S/C11H22N2O3S/c1-10-3-2-6-13(10)17(15,16)12-7-4-11(9-14)5-8-12/h10-11,14H,2-9H2,1H3. The third-order valence-corrected chi connectivity index (χ3v) is 6.10. The summed E-state index contributed by atoms with van der Waals surface area (Å²) in [7, 11) is -3.26. The van der Waals surface area contributed by atoms with E-state index in [0.29, 0.717) is 19.6 Å². The molecule has 2 heterocycles. The summed E-state index contributed by atoms with van der Waals surface area (Å²) in [5, 5.41) is 9.06. The number of piperidine rings is 1. The van der Waals surface area contributed by atoms with Gasteiger partial charge in [-0.25, -0.2) is 0 Å². The van der Waals surface area contributed by atoms with Crippen molar-refractivity contribution < 1.29 is 13.5 Å². The number of hydrogen-bond acceptors (Lipinski definition) is 3. The van der Waals surface area contributed by atoms with Crippen LogP contribution in [0.2, 0.25) is 0 Å². The first-order valence-corrected chi connectivity index (χ1v) is 7.83. The molecule has 2 fully saturated rings. The summed E-state index contributed by atoms with van der Waals surface area (Å²) >= 11 is 0. The van der Waals surface area contributed by atoms with E-state index in [4.69, 9.17) is 5.11 Å². The van der Waals surface area contributed by atoms with Gasteiger partial charge in [-0.05, 0) is 38.5 Å². The maximum atomic E-state index is 12.4. The average molecular weight is 262 g/mol. The maximum absolute atomic E-state index is 12.4. The van der Waals surface area contributed by atoms with Crippen molar-refractivity contribution in [2.75, 3.05) is 26.2 Å². The van der Waals surface area contributed by atoms with E-state index < -0.39 is 10.2 Å². The number of hydrogen-bond donors (Lipinski definition) is 1. The van der Waals surface area contributed by atoms with E-state index in [1.165, 1.54) is 0 Å². The van der Waals surface area contributed by atoms with Gasteiger partial charge in [-0.15, -0.1) is 0 Å². The molecule has 0 bridgehead atoms. The Morgan fingerprint density at radius 3 is 2.29 bits per heavy atom. The fourth-order valence-electron chi connectivity index (χ4n) is 2.72. The van der Waals surface area contributed by atoms with E-state index in [2.05, 4.69) is 0 Å². The number of nitrogens with zero attached hydrogens (tertiary/aromatic N) is 2. The van der Waals surface area contributed by atoms with Crippen LogP contribution in [0, 0.1) is 5.92 Å². The lowest BCUT2D eigenvalue weighted by Crippen LogP contribution is -2.48.